The first kappa shape index (κ1) is 12.7. The van der Waals surface area contributed by atoms with E-state index in [-0.39, 0.29) is 6.10 Å². The van der Waals surface area contributed by atoms with Crippen molar-refractivity contribution in [1.29, 1.82) is 0 Å². The molecule has 1 aliphatic rings. The molecule has 1 saturated heterocycles. The number of ether oxygens (including phenoxy) is 3. The summed E-state index contributed by atoms with van der Waals surface area (Å²) in [7, 11) is 0. The number of hydrogen-bond acceptors (Lipinski definition) is 4. The van der Waals surface area contributed by atoms with E-state index >= 15 is 0 Å². The van der Waals surface area contributed by atoms with Gasteiger partial charge in [-0.2, -0.15) is 0 Å². The molecule has 1 atom stereocenters. The molecule has 4 nitrogen and oxygen atoms in total. The van der Waals surface area contributed by atoms with Crippen LogP contribution in [0.1, 0.15) is 0 Å². The van der Waals surface area contributed by atoms with Crippen LogP contribution in [0.3, 0.4) is 0 Å². The third-order valence-corrected chi connectivity index (χ3v) is 3.31. The van der Waals surface area contributed by atoms with Crippen LogP contribution in [0.2, 0.25) is 5.15 Å². The van der Waals surface area contributed by atoms with Gasteiger partial charge >= 0.3 is 0 Å². The van der Waals surface area contributed by atoms with Crippen molar-refractivity contribution in [1.82, 2.24) is 4.98 Å². The van der Waals surface area contributed by atoms with Gasteiger partial charge in [0.15, 0.2) is 0 Å². The highest BCUT2D eigenvalue weighted by molar-refractivity contribution is 6.34. The van der Waals surface area contributed by atoms with Gasteiger partial charge in [0.25, 0.3) is 0 Å². The average molecular weight is 280 g/mol. The summed E-state index contributed by atoms with van der Waals surface area (Å²) in [5.41, 5.74) is 0. The maximum atomic E-state index is 6.02. The van der Waals surface area contributed by atoms with E-state index in [9.17, 15) is 0 Å². The molecule has 0 spiro atoms. The largest absolute Gasteiger partial charge is 0.491 e. The molecule has 0 aliphatic carbocycles. The molecule has 0 amide bonds. The average Bonchev–Trinajstić information content (AvgIpc) is 2.46. The monoisotopic (exact) mass is 279 g/mol. The Morgan fingerprint density at radius 3 is 3.11 bits per heavy atom. The van der Waals surface area contributed by atoms with Crippen molar-refractivity contribution < 1.29 is 14.2 Å². The summed E-state index contributed by atoms with van der Waals surface area (Å²) in [6.07, 6.45) is 1.69. The molecule has 0 saturated carbocycles. The van der Waals surface area contributed by atoms with Crippen molar-refractivity contribution in [2.75, 3.05) is 26.4 Å². The zero-order chi connectivity index (χ0) is 13.1. The lowest BCUT2D eigenvalue weighted by Crippen LogP contribution is -2.33. The van der Waals surface area contributed by atoms with Crippen molar-refractivity contribution in [2.45, 2.75) is 6.10 Å². The molecule has 1 aromatic carbocycles. The lowest BCUT2D eigenvalue weighted by molar-refractivity contribution is -0.101. The highest BCUT2D eigenvalue weighted by Gasteiger charge is 2.15. The Hall–Kier alpha value is -1.36. The quantitative estimate of drug-likeness (QED) is 0.810. The Kier molecular flexibility index (Phi) is 3.82. The number of fused-ring (bicyclic) bond motifs is 1. The van der Waals surface area contributed by atoms with Crippen LogP contribution in [0.15, 0.2) is 30.5 Å². The summed E-state index contributed by atoms with van der Waals surface area (Å²) in [5.74, 6) is 0.795. The number of benzene rings is 1. The summed E-state index contributed by atoms with van der Waals surface area (Å²) in [5, 5.41) is 2.44. The SMILES string of the molecule is Clc1nccc2cc(OC[C@H]3COCCO3)ccc12. The number of pyridine rings is 1. The summed E-state index contributed by atoms with van der Waals surface area (Å²) in [4.78, 5) is 4.04. The first-order valence-electron chi connectivity index (χ1n) is 6.19. The minimum Gasteiger partial charge on any atom is -0.491 e. The second kappa shape index (κ2) is 5.74. The third-order valence-electron chi connectivity index (χ3n) is 3.01. The molecular weight excluding hydrogens is 266 g/mol. The zero-order valence-electron chi connectivity index (χ0n) is 10.3. The normalized spacial score (nSPS) is 19.5. The van der Waals surface area contributed by atoms with E-state index in [1.165, 1.54) is 0 Å². The van der Waals surface area contributed by atoms with E-state index in [2.05, 4.69) is 4.98 Å². The van der Waals surface area contributed by atoms with Crippen molar-refractivity contribution in [3.63, 3.8) is 0 Å². The molecule has 0 bridgehead atoms. The van der Waals surface area contributed by atoms with Gasteiger partial charge in [-0.3, -0.25) is 0 Å². The van der Waals surface area contributed by atoms with Crippen LogP contribution in [0, 0.1) is 0 Å². The lowest BCUT2D eigenvalue weighted by atomic mass is 10.2. The van der Waals surface area contributed by atoms with Crippen molar-refractivity contribution in [3.8, 4) is 5.75 Å². The lowest BCUT2D eigenvalue weighted by Gasteiger charge is -2.23. The van der Waals surface area contributed by atoms with E-state index in [1.54, 1.807) is 6.20 Å². The van der Waals surface area contributed by atoms with Crippen LogP contribution in [-0.2, 0) is 9.47 Å². The number of halogens is 1. The smallest absolute Gasteiger partial charge is 0.136 e. The molecule has 1 aliphatic heterocycles. The van der Waals surface area contributed by atoms with Gasteiger partial charge in [-0.25, -0.2) is 4.98 Å². The maximum Gasteiger partial charge on any atom is 0.136 e. The van der Waals surface area contributed by atoms with Crippen LogP contribution in [0.5, 0.6) is 5.75 Å². The molecule has 0 N–H and O–H groups in total. The summed E-state index contributed by atoms with van der Waals surface area (Å²) < 4.78 is 16.6. The minimum absolute atomic E-state index is 0.00507. The topological polar surface area (TPSA) is 40.6 Å². The first-order valence-corrected chi connectivity index (χ1v) is 6.57. The Balaban J connectivity index is 1.71. The molecule has 19 heavy (non-hydrogen) atoms. The van der Waals surface area contributed by atoms with Crippen LogP contribution >= 0.6 is 11.6 Å². The highest BCUT2D eigenvalue weighted by atomic mass is 35.5. The summed E-state index contributed by atoms with van der Waals surface area (Å²) >= 11 is 6.02. The van der Waals surface area contributed by atoms with Crippen molar-refractivity contribution >= 4 is 22.4 Å². The standard InChI is InChI=1S/C14H14ClNO3/c15-14-13-2-1-11(7-10(13)3-4-16-14)19-9-12-8-17-5-6-18-12/h1-4,7,12H,5-6,8-9H2/t12-/m1/s1. The van der Waals surface area contributed by atoms with Gasteiger partial charge in [0.1, 0.15) is 23.6 Å². The Bertz CT molecular complexity index is 570. The van der Waals surface area contributed by atoms with Crippen LogP contribution in [0.4, 0.5) is 0 Å². The Labute approximate surface area is 116 Å². The Morgan fingerprint density at radius 2 is 2.26 bits per heavy atom. The fraction of sp³-hybridized carbons (Fsp3) is 0.357. The Morgan fingerprint density at radius 1 is 1.32 bits per heavy atom. The minimum atomic E-state index is 0.00507. The fourth-order valence-corrected chi connectivity index (χ4v) is 2.26. The molecule has 0 radical (unpaired) electrons. The molecule has 5 heteroatoms. The summed E-state index contributed by atoms with van der Waals surface area (Å²) in [6, 6.07) is 7.67. The molecule has 3 rings (SSSR count). The van der Waals surface area contributed by atoms with Crippen LogP contribution < -0.4 is 4.74 Å². The van der Waals surface area contributed by atoms with Gasteiger partial charge < -0.3 is 14.2 Å². The van der Waals surface area contributed by atoms with Gasteiger partial charge in [-0.15, -0.1) is 0 Å². The zero-order valence-corrected chi connectivity index (χ0v) is 11.1. The number of aromatic nitrogens is 1. The van der Waals surface area contributed by atoms with Crippen LogP contribution in [-0.4, -0.2) is 37.5 Å². The maximum absolute atomic E-state index is 6.02. The van der Waals surface area contributed by atoms with Gasteiger partial charge in [-0.05, 0) is 29.7 Å². The molecule has 2 aromatic rings. The van der Waals surface area contributed by atoms with Crippen molar-refractivity contribution in [2.24, 2.45) is 0 Å². The van der Waals surface area contributed by atoms with Crippen molar-refractivity contribution in [3.05, 3.63) is 35.6 Å². The number of hydrogen-bond donors (Lipinski definition) is 0. The molecule has 1 fully saturated rings. The third kappa shape index (κ3) is 2.97. The molecule has 2 heterocycles. The summed E-state index contributed by atoms with van der Waals surface area (Å²) in [6.45, 7) is 2.37. The van der Waals surface area contributed by atoms with E-state index < -0.39 is 0 Å². The first-order chi connectivity index (χ1) is 9.33. The van der Waals surface area contributed by atoms with Crippen LogP contribution in [0.25, 0.3) is 10.8 Å². The highest BCUT2D eigenvalue weighted by Crippen LogP contribution is 2.25. The predicted octanol–water partition coefficient (Wildman–Crippen LogP) is 2.68. The second-order valence-corrected chi connectivity index (χ2v) is 4.72. The molecule has 1 aromatic heterocycles. The van der Waals surface area contributed by atoms with E-state index in [1.807, 2.05) is 24.3 Å². The van der Waals surface area contributed by atoms with Gasteiger partial charge in [0.05, 0.1) is 19.8 Å². The van der Waals surface area contributed by atoms with E-state index in [4.69, 9.17) is 25.8 Å². The molecular formula is C14H14ClNO3. The van der Waals surface area contributed by atoms with E-state index in [0.717, 1.165) is 16.5 Å². The number of nitrogens with zero attached hydrogens (tertiary/aromatic N) is 1. The van der Waals surface area contributed by atoms with Gasteiger partial charge in [0.2, 0.25) is 0 Å². The molecule has 100 valence electrons. The fourth-order valence-electron chi connectivity index (χ4n) is 2.03. The number of rotatable bonds is 3. The molecule has 0 unspecified atom stereocenters. The second-order valence-electron chi connectivity index (χ2n) is 4.36. The van der Waals surface area contributed by atoms with Gasteiger partial charge in [-0.1, -0.05) is 11.6 Å². The van der Waals surface area contributed by atoms with Gasteiger partial charge in [0, 0.05) is 11.6 Å². The van der Waals surface area contributed by atoms with E-state index in [0.29, 0.717) is 31.6 Å². The predicted molar refractivity (Wildman–Crippen MR) is 72.8 cm³/mol.